The Balaban J connectivity index is 2.30. The van der Waals surface area contributed by atoms with Crippen molar-refractivity contribution in [1.29, 1.82) is 0 Å². The van der Waals surface area contributed by atoms with Gasteiger partial charge in [-0.25, -0.2) is 8.78 Å². The number of rotatable bonds is 6. The lowest BCUT2D eigenvalue weighted by atomic mass is 9.98. The minimum Gasteiger partial charge on any atom is -0.310 e. The normalized spacial score (nSPS) is 12.4. The molecular formula is C17H18ClF2N. The van der Waals surface area contributed by atoms with Crippen LogP contribution in [0.3, 0.4) is 0 Å². The highest BCUT2D eigenvalue weighted by Crippen LogP contribution is 2.25. The maximum Gasteiger partial charge on any atom is 0.128 e. The topological polar surface area (TPSA) is 12.0 Å². The van der Waals surface area contributed by atoms with Crippen molar-refractivity contribution in [3.8, 4) is 0 Å². The summed E-state index contributed by atoms with van der Waals surface area (Å²) in [6.45, 7) is 2.76. The van der Waals surface area contributed by atoms with Gasteiger partial charge in [0.05, 0.1) is 0 Å². The maximum absolute atomic E-state index is 14.0. The molecule has 1 N–H and O–H groups in total. The van der Waals surface area contributed by atoms with Crippen LogP contribution in [0, 0.1) is 11.6 Å². The number of benzene rings is 2. The Kier molecular flexibility index (Phi) is 5.71. The van der Waals surface area contributed by atoms with Crippen molar-refractivity contribution in [2.45, 2.75) is 25.8 Å². The summed E-state index contributed by atoms with van der Waals surface area (Å²) in [6.07, 6.45) is 1.43. The lowest BCUT2D eigenvalue weighted by Crippen LogP contribution is -2.25. The van der Waals surface area contributed by atoms with Crippen molar-refractivity contribution in [3.05, 3.63) is 70.2 Å². The Hall–Kier alpha value is -1.45. The molecule has 0 aliphatic carbocycles. The van der Waals surface area contributed by atoms with Crippen LogP contribution in [0.4, 0.5) is 8.78 Å². The van der Waals surface area contributed by atoms with E-state index in [1.807, 2.05) is 25.1 Å². The van der Waals surface area contributed by atoms with Crippen LogP contribution in [-0.4, -0.2) is 6.54 Å². The monoisotopic (exact) mass is 309 g/mol. The molecule has 0 heterocycles. The largest absolute Gasteiger partial charge is 0.310 e. The molecule has 0 amide bonds. The van der Waals surface area contributed by atoms with Crippen molar-refractivity contribution < 1.29 is 8.78 Å². The maximum atomic E-state index is 14.0. The average Bonchev–Trinajstić information content (AvgIpc) is 2.48. The fourth-order valence-electron chi connectivity index (χ4n) is 2.28. The molecule has 4 heteroatoms. The second kappa shape index (κ2) is 7.53. The van der Waals surface area contributed by atoms with Gasteiger partial charge in [-0.15, -0.1) is 0 Å². The molecule has 1 atom stereocenters. The van der Waals surface area contributed by atoms with Gasteiger partial charge >= 0.3 is 0 Å². The number of nitrogens with one attached hydrogen (secondary N) is 1. The van der Waals surface area contributed by atoms with E-state index in [1.165, 1.54) is 6.07 Å². The van der Waals surface area contributed by atoms with Crippen LogP contribution < -0.4 is 5.32 Å². The Bertz CT molecular complexity index is 601. The Morgan fingerprint density at radius 2 is 1.90 bits per heavy atom. The first kappa shape index (κ1) is 15.9. The highest BCUT2D eigenvalue weighted by molar-refractivity contribution is 6.31. The molecule has 0 saturated carbocycles. The number of halogens is 3. The Labute approximate surface area is 128 Å². The molecule has 21 heavy (non-hydrogen) atoms. The van der Waals surface area contributed by atoms with Crippen LogP contribution in [0.5, 0.6) is 0 Å². The van der Waals surface area contributed by atoms with Gasteiger partial charge in [-0.1, -0.05) is 36.7 Å². The summed E-state index contributed by atoms with van der Waals surface area (Å²) in [6, 6.07) is 10.7. The van der Waals surface area contributed by atoms with Gasteiger partial charge in [0.25, 0.3) is 0 Å². The fraction of sp³-hybridized carbons (Fsp3) is 0.294. The molecular weight excluding hydrogens is 292 g/mol. The smallest absolute Gasteiger partial charge is 0.128 e. The van der Waals surface area contributed by atoms with E-state index in [4.69, 9.17) is 11.6 Å². The lowest BCUT2D eigenvalue weighted by Gasteiger charge is -2.20. The lowest BCUT2D eigenvalue weighted by molar-refractivity contribution is 0.490. The van der Waals surface area contributed by atoms with Gasteiger partial charge < -0.3 is 5.32 Å². The second-order valence-electron chi connectivity index (χ2n) is 4.97. The van der Waals surface area contributed by atoms with Gasteiger partial charge in [0.2, 0.25) is 0 Å². The third-order valence-electron chi connectivity index (χ3n) is 3.36. The van der Waals surface area contributed by atoms with Crippen molar-refractivity contribution in [1.82, 2.24) is 5.32 Å². The van der Waals surface area contributed by atoms with E-state index in [-0.39, 0.29) is 6.04 Å². The van der Waals surface area contributed by atoms with Crippen LogP contribution in [0.2, 0.25) is 5.02 Å². The SMILES string of the molecule is CCCNC(Cc1ccccc1Cl)c1cc(F)ccc1F. The van der Waals surface area contributed by atoms with Gasteiger partial charge in [0.1, 0.15) is 11.6 Å². The summed E-state index contributed by atoms with van der Waals surface area (Å²) in [5, 5.41) is 3.90. The molecule has 0 aliphatic heterocycles. The van der Waals surface area contributed by atoms with E-state index >= 15 is 0 Å². The molecule has 1 unspecified atom stereocenters. The summed E-state index contributed by atoms with van der Waals surface area (Å²) in [7, 11) is 0. The van der Waals surface area contributed by atoms with Crippen molar-refractivity contribution >= 4 is 11.6 Å². The van der Waals surface area contributed by atoms with E-state index in [0.717, 1.165) is 30.7 Å². The zero-order valence-corrected chi connectivity index (χ0v) is 12.6. The fourth-order valence-corrected chi connectivity index (χ4v) is 2.49. The summed E-state index contributed by atoms with van der Waals surface area (Å²) in [5.74, 6) is -0.842. The summed E-state index contributed by atoms with van der Waals surface area (Å²) in [5.41, 5.74) is 1.25. The predicted molar refractivity (Wildman–Crippen MR) is 82.5 cm³/mol. The number of hydrogen-bond donors (Lipinski definition) is 1. The van der Waals surface area contributed by atoms with Gasteiger partial charge in [0, 0.05) is 16.6 Å². The van der Waals surface area contributed by atoms with Gasteiger partial charge in [-0.05, 0) is 49.2 Å². The van der Waals surface area contributed by atoms with Crippen molar-refractivity contribution in [3.63, 3.8) is 0 Å². The van der Waals surface area contributed by atoms with Crippen LogP contribution in [-0.2, 0) is 6.42 Å². The third-order valence-corrected chi connectivity index (χ3v) is 3.72. The van der Waals surface area contributed by atoms with E-state index in [2.05, 4.69) is 5.32 Å². The molecule has 0 aromatic heterocycles. The van der Waals surface area contributed by atoms with Gasteiger partial charge in [0.15, 0.2) is 0 Å². The first-order valence-electron chi connectivity index (χ1n) is 7.03. The van der Waals surface area contributed by atoms with Crippen LogP contribution in [0.1, 0.15) is 30.5 Å². The van der Waals surface area contributed by atoms with E-state index in [1.54, 1.807) is 6.07 Å². The van der Waals surface area contributed by atoms with Crippen LogP contribution >= 0.6 is 11.6 Å². The summed E-state index contributed by atoms with van der Waals surface area (Å²) in [4.78, 5) is 0. The van der Waals surface area contributed by atoms with E-state index < -0.39 is 11.6 Å². The molecule has 2 aromatic rings. The standard InChI is InChI=1S/C17H18ClF2N/c1-2-9-21-17(10-12-5-3-4-6-15(12)18)14-11-13(19)7-8-16(14)20/h3-8,11,17,21H,2,9-10H2,1H3. The molecule has 0 aliphatic rings. The highest BCUT2D eigenvalue weighted by atomic mass is 35.5. The minimum atomic E-state index is -0.436. The zero-order chi connectivity index (χ0) is 15.2. The summed E-state index contributed by atoms with van der Waals surface area (Å²) < 4.78 is 27.4. The van der Waals surface area contributed by atoms with E-state index in [0.29, 0.717) is 17.0 Å². The highest BCUT2D eigenvalue weighted by Gasteiger charge is 2.17. The first-order valence-corrected chi connectivity index (χ1v) is 7.41. The molecule has 112 valence electrons. The van der Waals surface area contributed by atoms with Gasteiger partial charge in [-0.2, -0.15) is 0 Å². The first-order chi connectivity index (χ1) is 10.1. The molecule has 0 spiro atoms. The molecule has 2 rings (SSSR count). The molecule has 2 aromatic carbocycles. The van der Waals surface area contributed by atoms with Crippen LogP contribution in [0.15, 0.2) is 42.5 Å². The van der Waals surface area contributed by atoms with Gasteiger partial charge in [-0.3, -0.25) is 0 Å². The molecule has 0 bridgehead atoms. The zero-order valence-electron chi connectivity index (χ0n) is 11.9. The molecule has 0 saturated heterocycles. The molecule has 1 nitrogen and oxygen atoms in total. The molecule has 0 fully saturated rings. The minimum absolute atomic E-state index is 0.305. The van der Waals surface area contributed by atoms with Crippen LogP contribution in [0.25, 0.3) is 0 Å². The quantitative estimate of drug-likeness (QED) is 0.800. The Morgan fingerprint density at radius 1 is 1.14 bits per heavy atom. The average molecular weight is 310 g/mol. The predicted octanol–water partition coefficient (Wildman–Crippen LogP) is 4.90. The second-order valence-corrected chi connectivity index (χ2v) is 5.38. The number of hydrogen-bond acceptors (Lipinski definition) is 1. The van der Waals surface area contributed by atoms with Crippen molar-refractivity contribution in [2.75, 3.05) is 6.54 Å². The van der Waals surface area contributed by atoms with E-state index in [9.17, 15) is 8.78 Å². The Morgan fingerprint density at radius 3 is 2.62 bits per heavy atom. The van der Waals surface area contributed by atoms with Crippen molar-refractivity contribution in [2.24, 2.45) is 0 Å². The summed E-state index contributed by atoms with van der Waals surface area (Å²) >= 11 is 6.17. The molecule has 0 radical (unpaired) electrons. The third kappa shape index (κ3) is 4.26.